The Bertz CT molecular complexity index is 1220. The van der Waals surface area contributed by atoms with E-state index in [0.29, 0.717) is 35.4 Å². The second-order valence-corrected chi connectivity index (χ2v) is 7.87. The van der Waals surface area contributed by atoms with Gasteiger partial charge in [-0.2, -0.15) is 4.98 Å². The van der Waals surface area contributed by atoms with Crippen molar-refractivity contribution in [2.45, 2.75) is 25.9 Å². The number of halogens is 1. The number of imidazole rings is 1. The Labute approximate surface area is 183 Å². The number of aryl methyl sites for hydroxylation is 1. The normalized spacial score (nSPS) is 15.5. The van der Waals surface area contributed by atoms with E-state index in [1.54, 1.807) is 35.5 Å². The molecule has 0 saturated heterocycles. The maximum Gasteiger partial charge on any atom is 0.322 e. The molecule has 8 nitrogen and oxygen atoms in total. The van der Waals surface area contributed by atoms with Crippen molar-refractivity contribution in [1.29, 1.82) is 0 Å². The average Bonchev–Trinajstić information content (AvgIpc) is 3.44. The summed E-state index contributed by atoms with van der Waals surface area (Å²) < 4.78 is 5.59. The number of anilines is 1. The van der Waals surface area contributed by atoms with Crippen LogP contribution in [0.1, 0.15) is 28.9 Å². The Morgan fingerprint density at radius 2 is 1.97 bits per heavy atom. The Kier molecular flexibility index (Phi) is 4.91. The third kappa shape index (κ3) is 3.89. The van der Waals surface area contributed by atoms with Gasteiger partial charge in [0.15, 0.2) is 0 Å². The summed E-state index contributed by atoms with van der Waals surface area (Å²) in [4.78, 5) is 26.9. The van der Waals surface area contributed by atoms with Crippen molar-refractivity contribution in [2.75, 3.05) is 5.32 Å². The fourth-order valence-electron chi connectivity index (χ4n) is 3.59. The van der Waals surface area contributed by atoms with E-state index in [1.165, 1.54) is 0 Å². The minimum atomic E-state index is -0.435. The van der Waals surface area contributed by atoms with Gasteiger partial charge in [0.1, 0.15) is 6.04 Å². The lowest BCUT2D eigenvalue weighted by Gasteiger charge is -2.32. The lowest BCUT2D eigenvalue weighted by atomic mass is 10.0. The monoisotopic (exact) mass is 434 g/mol. The van der Waals surface area contributed by atoms with Crippen LogP contribution in [-0.4, -0.2) is 31.0 Å². The molecule has 0 bridgehead atoms. The van der Waals surface area contributed by atoms with Crippen molar-refractivity contribution in [3.63, 3.8) is 0 Å². The Morgan fingerprint density at radius 1 is 1.19 bits per heavy atom. The Balaban J connectivity index is 1.44. The van der Waals surface area contributed by atoms with Crippen molar-refractivity contribution in [1.82, 2.24) is 25.0 Å². The van der Waals surface area contributed by atoms with Crippen molar-refractivity contribution in [2.24, 2.45) is 0 Å². The Morgan fingerprint density at radius 3 is 2.74 bits per heavy atom. The van der Waals surface area contributed by atoms with Gasteiger partial charge in [-0.1, -0.05) is 46.6 Å². The van der Waals surface area contributed by atoms with Crippen LogP contribution in [-0.2, 0) is 13.0 Å². The maximum absolute atomic E-state index is 13.1. The van der Waals surface area contributed by atoms with Gasteiger partial charge in [-0.25, -0.2) is 9.78 Å². The van der Waals surface area contributed by atoms with E-state index in [0.717, 1.165) is 22.5 Å². The third-order valence-electron chi connectivity index (χ3n) is 5.29. The number of hydrogen-bond donors (Lipinski definition) is 2. The molecule has 5 rings (SSSR count). The van der Waals surface area contributed by atoms with Crippen molar-refractivity contribution in [3.05, 3.63) is 82.7 Å². The molecule has 0 saturated carbocycles. The number of nitrogens with zero attached hydrogens (tertiary/aromatic N) is 4. The van der Waals surface area contributed by atoms with Gasteiger partial charge in [0.25, 0.3) is 0 Å². The van der Waals surface area contributed by atoms with Crippen molar-refractivity contribution >= 4 is 23.3 Å². The highest BCUT2D eigenvalue weighted by Gasteiger charge is 2.36. The summed E-state index contributed by atoms with van der Waals surface area (Å²) >= 11 is 5.94. The van der Waals surface area contributed by atoms with Gasteiger partial charge >= 0.3 is 6.03 Å². The van der Waals surface area contributed by atoms with Gasteiger partial charge in [-0.15, -0.1) is 0 Å². The number of nitrogens with one attached hydrogen (secondary N) is 2. The number of urea groups is 1. The first-order valence-electron chi connectivity index (χ1n) is 9.82. The molecule has 31 heavy (non-hydrogen) atoms. The van der Waals surface area contributed by atoms with Crippen molar-refractivity contribution in [3.8, 4) is 11.4 Å². The van der Waals surface area contributed by atoms with Crippen LogP contribution in [0.4, 0.5) is 10.5 Å². The standard InChI is InChI=1S/C22H19ClN6O2/c1-13-2-4-14(5-3-13)20-27-21(31-28-20)19-10-17-18(25-12-24-17)11-29(19)22(30)26-16-8-6-15(23)7-9-16/h2-9,12,19H,10-11H2,1H3,(H,24,25)(H,26,30). The van der Waals surface area contributed by atoms with Crippen LogP contribution in [0.5, 0.6) is 0 Å². The summed E-state index contributed by atoms with van der Waals surface area (Å²) in [7, 11) is 0. The van der Waals surface area contributed by atoms with Gasteiger partial charge in [0.2, 0.25) is 11.7 Å². The second-order valence-electron chi connectivity index (χ2n) is 7.43. The zero-order valence-electron chi connectivity index (χ0n) is 16.7. The first-order valence-corrected chi connectivity index (χ1v) is 10.2. The quantitative estimate of drug-likeness (QED) is 0.484. The number of carbonyl (C=O) groups excluding carboxylic acids is 1. The van der Waals surface area contributed by atoms with Crippen molar-refractivity contribution < 1.29 is 9.32 Å². The number of carbonyl (C=O) groups is 1. The molecule has 9 heteroatoms. The fourth-order valence-corrected chi connectivity index (χ4v) is 3.71. The molecule has 0 aliphatic carbocycles. The van der Waals surface area contributed by atoms with Crippen LogP contribution in [0.3, 0.4) is 0 Å². The minimum Gasteiger partial charge on any atom is -0.347 e. The first kappa shape index (κ1) is 19.3. The van der Waals surface area contributed by atoms with E-state index in [1.807, 2.05) is 31.2 Å². The van der Waals surface area contributed by atoms with Gasteiger partial charge in [0.05, 0.1) is 24.3 Å². The molecular formula is C22H19ClN6O2. The highest BCUT2D eigenvalue weighted by molar-refractivity contribution is 6.30. The summed E-state index contributed by atoms with van der Waals surface area (Å²) in [6.07, 6.45) is 2.11. The smallest absolute Gasteiger partial charge is 0.322 e. The summed E-state index contributed by atoms with van der Waals surface area (Å²) in [6, 6.07) is 14.1. The molecule has 2 aromatic carbocycles. The van der Waals surface area contributed by atoms with Gasteiger partial charge in [-0.3, -0.25) is 0 Å². The van der Waals surface area contributed by atoms with Gasteiger partial charge in [-0.05, 0) is 31.2 Å². The largest absolute Gasteiger partial charge is 0.347 e. The van der Waals surface area contributed by atoms with Crippen LogP contribution in [0, 0.1) is 6.92 Å². The highest BCUT2D eigenvalue weighted by atomic mass is 35.5. The molecule has 2 amide bonds. The molecule has 156 valence electrons. The maximum atomic E-state index is 13.1. The molecule has 1 aliphatic heterocycles. The van der Waals surface area contributed by atoms with Gasteiger partial charge in [0, 0.05) is 22.7 Å². The SMILES string of the molecule is Cc1ccc(-c2noc(C3Cc4nc[nH]c4CN3C(=O)Nc3ccc(Cl)cc3)n2)cc1. The van der Waals surface area contributed by atoms with Gasteiger partial charge < -0.3 is 19.7 Å². The molecule has 2 aromatic heterocycles. The number of rotatable bonds is 3. The van der Waals surface area contributed by atoms with Crippen LogP contribution in [0.15, 0.2) is 59.4 Å². The molecule has 4 aromatic rings. The summed E-state index contributed by atoms with van der Waals surface area (Å²) in [5.74, 6) is 0.858. The third-order valence-corrected chi connectivity index (χ3v) is 5.54. The number of fused-ring (bicyclic) bond motifs is 1. The number of aromatic nitrogens is 4. The van der Waals surface area contributed by atoms with Crippen LogP contribution < -0.4 is 5.32 Å². The Hall–Kier alpha value is -3.65. The van der Waals surface area contributed by atoms with Crippen LogP contribution in [0.25, 0.3) is 11.4 Å². The van der Waals surface area contributed by atoms with E-state index in [4.69, 9.17) is 16.1 Å². The van der Waals surface area contributed by atoms with E-state index < -0.39 is 6.04 Å². The van der Waals surface area contributed by atoms with Crippen LogP contribution >= 0.6 is 11.6 Å². The zero-order valence-corrected chi connectivity index (χ0v) is 17.4. The lowest BCUT2D eigenvalue weighted by Crippen LogP contribution is -2.41. The molecule has 1 atom stereocenters. The first-order chi connectivity index (χ1) is 15.1. The molecule has 2 N–H and O–H groups in total. The number of benzene rings is 2. The number of hydrogen-bond acceptors (Lipinski definition) is 5. The highest BCUT2D eigenvalue weighted by Crippen LogP contribution is 2.32. The van der Waals surface area contributed by atoms with Crippen LogP contribution in [0.2, 0.25) is 5.02 Å². The zero-order chi connectivity index (χ0) is 21.4. The average molecular weight is 435 g/mol. The number of H-pyrrole nitrogens is 1. The lowest BCUT2D eigenvalue weighted by molar-refractivity contribution is 0.155. The predicted octanol–water partition coefficient (Wildman–Crippen LogP) is 4.75. The molecule has 1 unspecified atom stereocenters. The second kappa shape index (κ2) is 7.88. The van der Waals surface area contributed by atoms with E-state index >= 15 is 0 Å². The number of amides is 2. The molecule has 0 fully saturated rings. The minimum absolute atomic E-state index is 0.275. The molecule has 3 heterocycles. The fraction of sp³-hybridized carbons (Fsp3) is 0.182. The molecular weight excluding hydrogens is 416 g/mol. The summed E-state index contributed by atoms with van der Waals surface area (Å²) in [5, 5.41) is 7.65. The number of aromatic amines is 1. The predicted molar refractivity (Wildman–Crippen MR) is 116 cm³/mol. The summed E-state index contributed by atoms with van der Waals surface area (Å²) in [6.45, 7) is 2.37. The molecule has 0 radical (unpaired) electrons. The topological polar surface area (TPSA) is 99.9 Å². The summed E-state index contributed by atoms with van der Waals surface area (Å²) in [5.41, 5.74) is 4.43. The molecule has 0 spiro atoms. The van der Waals surface area contributed by atoms with E-state index in [9.17, 15) is 4.79 Å². The van der Waals surface area contributed by atoms with E-state index in [2.05, 4.69) is 25.4 Å². The molecule has 1 aliphatic rings. The van der Waals surface area contributed by atoms with E-state index in [-0.39, 0.29) is 6.03 Å².